The van der Waals surface area contributed by atoms with Gasteiger partial charge in [-0.1, -0.05) is 54.1 Å². The summed E-state index contributed by atoms with van der Waals surface area (Å²) in [6.45, 7) is 2.21. The summed E-state index contributed by atoms with van der Waals surface area (Å²) in [6, 6.07) is 22.6. The van der Waals surface area contributed by atoms with Crippen molar-refractivity contribution in [2.24, 2.45) is 0 Å². The maximum Gasteiger partial charge on any atom is 0.264 e. The molecule has 0 spiro atoms. The summed E-state index contributed by atoms with van der Waals surface area (Å²) in [5.41, 5.74) is 2.74. The van der Waals surface area contributed by atoms with Gasteiger partial charge in [-0.05, 0) is 42.8 Å². The largest absolute Gasteiger partial charge is 0.395 e. The van der Waals surface area contributed by atoms with Crippen LogP contribution in [-0.4, -0.2) is 44.5 Å². The molecule has 0 saturated carbocycles. The minimum absolute atomic E-state index is 0.0325. The molecular weight excluding hydrogens is 412 g/mol. The highest BCUT2D eigenvalue weighted by molar-refractivity contribution is 7.92. The third kappa shape index (κ3) is 5.31. The first kappa shape index (κ1) is 22.5. The lowest BCUT2D eigenvalue weighted by Gasteiger charge is -2.23. The van der Waals surface area contributed by atoms with Crippen molar-refractivity contribution in [3.63, 3.8) is 0 Å². The van der Waals surface area contributed by atoms with Crippen LogP contribution in [-0.2, 0) is 16.6 Å². The summed E-state index contributed by atoms with van der Waals surface area (Å²) in [7, 11) is -2.36. The van der Waals surface area contributed by atoms with Crippen LogP contribution < -0.4 is 4.31 Å². The number of carbonyl (C=O) groups excluding carboxylic acids is 1. The summed E-state index contributed by atoms with van der Waals surface area (Å²) in [6.07, 6.45) is 0. The van der Waals surface area contributed by atoms with Crippen LogP contribution in [0.1, 0.15) is 21.5 Å². The molecule has 0 saturated heterocycles. The fraction of sp³-hybridized carbons (Fsp3) is 0.208. The first-order chi connectivity index (χ1) is 14.8. The molecule has 0 radical (unpaired) electrons. The van der Waals surface area contributed by atoms with Crippen molar-refractivity contribution in [2.45, 2.75) is 18.4 Å². The Labute approximate surface area is 183 Å². The number of carbonyl (C=O) groups is 1. The number of aryl methyl sites for hydroxylation is 1. The lowest BCUT2D eigenvalue weighted by Crippen LogP contribution is -2.33. The molecule has 3 rings (SSSR count). The topological polar surface area (TPSA) is 77.9 Å². The van der Waals surface area contributed by atoms with Crippen molar-refractivity contribution >= 4 is 21.6 Å². The van der Waals surface area contributed by atoms with Gasteiger partial charge in [-0.2, -0.15) is 0 Å². The molecule has 3 aromatic rings. The van der Waals surface area contributed by atoms with E-state index in [9.17, 15) is 18.3 Å². The molecule has 0 fully saturated rings. The Morgan fingerprint density at radius 2 is 1.61 bits per heavy atom. The second-order valence-corrected chi connectivity index (χ2v) is 9.24. The first-order valence-electron chi connectivity index (χ1n) is 9.92. The molecule has 3 aromatic carbocycles. The van der Waals surface area contributed by atoms with Crippen molar-refractivity contribution in [3.8, 4) is 0 Å². The van der Waals surface area contributed by atoms with Gasteiger partial charge in [0.15, 0.2) is 0 Å². The fourth-order valence-corrected chi connectivity index (χ4v) is 4.44. The summed E-state index contributed by atoms with van der Waals surface area (Å²) in [4.78, 5) is 14.6. The van der Waals surface area contributed by atoms with Gasteiger partial charge in [-0.15, -0.1) is 0 Å². The van der Waals surface area contributed by atoms with E-state index in [4.69, 9.17) is 0 Å². The SMILES string of the molecule is Cc1ccc(N(C)S(=O)(=O)c2cccc(C(=O)N(CCO)Cc3ccccc3)c2)cc1. The number of hydrogen-bond acceptors (Lipinski definition) is 4. The zero-order valence-electron chi connectivity index (χ0n) is 17.6. The lowest BCUT2D eigenvalue weighted by atomic mass is 10.1. The Bertz CT molecular complexity index is 1130. The third-order valence-corrected chi connectivity index (χ3v) is 6.79. The van der Waals surface area contributed by atoms with Crippen molar-refractivity contribution in [2.75, 3.05) is 24.5 Å². The van der Waals surface area contributed by atoms with Crippen LogP contribution in [0.15, 0.2) is 83.8 Å². The highest BCUT2D eigenvalue weighted by Crippen LogP contribution is 2.23. The molecule has 0 aromatic heterocycles. The minimum Gasteiger partial charge on any atom is -0.395 e. The van der Waals surface area contributed by atoms with E-state index in [0.29, 0.717) is 12.2 Å². The van der Waals surface area contributed by atoms with E-state index < -0.39 is 10.0 Å². The molecule has 162 valence electrons. The molecule has 1 amide bonds. The summed E-state index contributed by atoms with van der Waals surface area (Å²) < 4.78 is 27.5. The van der Waals surface area contributed by atoms with Gasteiger partial charge in [-0.3, -0.25) is 9.10 Å². The highest BCUT2D eigenvalue weighted by Gasteiger charge is 2.24. The highest BCUT2D eigenvalue weighted by atomic mass is 32.2. The number of benzene rings is 3. The first-order valence-corrected chi connectivity index (χ1v) is 11.4. The molecule has 0 atom stereocenters. The zero-order valence-corrected chi connectivity index (χ0v) is 18.4. The van der Waals surface area contributed by atoms with E-state index in [2.05, 4.69) is 0 Å². The average Bonchev–Trinajstić information content (AvgIpc) is 2.79. The molecule has 0 aliphatic carbocycles. The van der Waals surface area contributed by atoms with Gasteiger partial charge in [0.2, 0.25) is 0 Å². The summed E-state index contributed by atoms with van der Waals surface area (Å²) in [5.74, 6) is -0.340. The molecular formula is C24H26N2O4S. The Hall–Kier alpha value is -3.16. The van der Waals surface area contributed by atoms with Crippen LogP contribution in [0.4, 0.5) is 5.69 Å². The molecule has 31 heavy (non-hydrogen) atoms. The number of sulfonamides is 1. The van der Waals surface area contributed by atoms with E-state index in [1.54, 1.807) is 24.3 Å². The molecule has 6 nitrogen and oxygen atoms in total. The Kier molecular flexibility index (Phi) is 7.09. The van der Waals surface area contributed by atoms with Crippen molar-refractivity contribution < 1.29 is 18.3 Å². The van der Waals surface area contributed by atoms with Crippen molar-refractivity contribution in [3.05, 3.63) is 95.6 Å². The maximum atomic E-state index is 13.1. The number of anilines is 1. The van der Waals surface area contributed by atoms with Crippen LogP contribution in [0.3, 0.4) is 0 Å². The van der Waals surface area contributed by atoms with E-state index in [1.807, 2.05) is 49.4 Å². The predicted octanol–water partition coefficient (Wildman–Crippen LogP) is 3.45. The maximum absolute atomic E-state index is 13.1. The molecule has 0 heterocycles. The smallest absolute Gasteiger partial charge is 0.264 e. The van der Waals surface area contributed by atoms with E-state index >= 15 is 0 Å². The van der Waals surface area contributed by atoms with Crippen LogP contribution in [0, 0.1) is 6.92 Å². The van der Waals surface area contributed by atoms with Gasteiger partial charge in [0, 0.05) is 25.7 Å². The molecule has 7 heteroatoms. The minimum atomic E-state index is -3.84. The monoisotopic (exact) mass is 438 g/mol. The van der Waals surface area contributed by atoms with Gasteiger partial charge < -0.3 is 10.0 Å². The van der Waals surface area contributed by atoms with Crippen LogP contribution in [0.5, 0.6) is 0 Å². The van der Waals surface area contributed by atoms with Crippen LogP contribution >= 0.6 is 0 Å². The Balaban J connectivity index is 1.88. The van der Waals surface area contributed by atoms with Crippen LogP contribution in [0.25, 0.3) is 0 Å². The normalized spacial score (nSPS) is 11.2. The van der Waals surface area contributed by atoms with Gasteiger partial charge in [-0.25, -0.2) is 8.42 Å². The fourth-order valence-electron chi connectivity index (χ4n) is 3.20. The number of amides is 1. The van der Waals surface area contributed by atoms with Gasteiger partial charge in [0.05, 0.1) is 17.2 Å². The van der Waals surface area contributed by atoms with Crippen molar-refractivity contribution in [1.82, 2.24) is 4.90 Å². The number of nitrogens with zero attached hydrogens (tertiary/aromatic N) is 2. The van der Waals surface area contributed by atoms with E-state index in [0.717, 1.165) is 11.1 Å². The van der Waals surface area contributed by atoms with E-state index in [1.165, 1.54) is 28.4 Å². The molecule has 0 aliphatic rings. The Morgan fingerprint density at radius 3 is 2.26 bits per heavy atom. The average molecular weight is 439 g/mol. The number of aliphatic hydroxyl groups excluding tert-OH is 1. The molecule has 0 aliphatic heterocycles. The molecule has 1 N–H and O–H groups in total. The Morgan fingerprint density at radius 1 is 0.935 bits per heavy atom. The molecule has 0 bridgehead atoms. The van der Waals surface area contributed by atoms with Gasteiger partial charge in [0.25, 0.3) is 15.9 Å². The summed E-state index contributed by atoms with van der Waals surface area (Å²) in [5, 5.41) is 9.42. The number of rotatable bonds is 8. The second-order valence-electron chi connectivity index (χ2n) is 7.27. The predicted molar refractivity (Wildman–Crippen MR) is 121 cm³/mol. The standard InChI is InChI=1S/C24H26N2O4S/c1-19-11-13-22(14-12-19)25(2)31(29,30)23-10-6-9-21(17-23)24(28)26(15-16-27)18-20-7-4-3-5-8-20/h3-14,17,27H,15-16,18H2,1-2H3. The molecule has 0 unspecified atom stereocenters. The quantitative estimate of drug-likeness (QED) is 0.584. The summed E-state index contributed by atoms with van der Waals surface area (Å²) >= 11 is 0. The van der Waals surface area contributed by atoms with Crippen LogP contribution in [0.2, 0.25) is 0 Å². The van der Waals surface area contributed by atoms with Gasteiger partial charge in [0.1, 0.15) is 0 Å². The number of aliphatic hydroxyl groups is 1. The van der Waals surface area contributed by atoms with Gasteiger partial charge >= 0.3 is 0 Å². The van der Waals surface area contributed by atoms with Crippen molar-refractivity contribution in [1.29, 1.82) is 0 Å². The second kappa shape index (κ2) is 9.76. The lowest BCUT2D eigenvalue weighted by molar-refractivity contribution is 0.0707. The third-order valence-electron chi connectivity index (χ3n) is 5.01. The number of hydrogen-bond donors (Lipinski definition) is 1. The zero-order chi connectivity index (χ0) is 22.4. The van der Waals surface area contributed by atoms with E-state index in [-0.39, 0.29) is 29.5 Å².